The molecule has 0 radical (unpaired) electrons. The zero-order valence-corrected chi connectivity index (χ0v) is 7.93. The van der Waals surface area contributed by atoms with Gasteiger partial charge >= 0.3 is 0 Å². The van der Waals surface area contributed by atoms with Crippen molar-refractivity contribution in [1.29, 1.82) is 0 Å². The summed E-state index contributed by atoms with van der Waals surface area (Å²) in [7, 11) is 0. The molecular formula is C7H8FIN2. The molecule has 0 spiro atoms. The van der Waals surface area contributed by atoms with Crippen LogP contribution in [0.25, 0.3) is 0 Å². The minimum absolute atomic E-state index is 0.210. The molecule has 4 N–H and O–H groups in total. The largest absolute Gasteiger partial charge is 0.398 e. The summed E-state index contributed by atoms with van der Waals surface area (Å²) in [5.74, 6) is -0.328. The molecule has 11 heavy (non-hydrogen) atoms. The number of nitrogens with two attached hydrogens (primary N) is 2. The SMILES string of the molecule is NCc1cc(I)c(N)cc1F. The normalized spacial score (nSPS) is 10.1. The molecule has 1 aromatic carbocycles. The number of hydrogen-bond donors (Lipinski definition) is 2. The zero-order chi connectivity index (χ0) is 8.43. The van der Waals surface area contributed by atoms with Crippen molar-refractivity contribution in [3.63, 3.8) is 0 Å². The van der Waals surface area contributed by atoms with Crippen molar-refractivity contribution in [1.82, 2.24) is 0 Å². The van der Waals surface area contributed by atoms with Crippen LogP contribution in [0.15, 0.2) is 12.1 Å². The zero-order valence-electron chi connectivity index (χ0n) is 5.77. The van der Waals surface area contributed by atoms with E-state index in [-0.39, 0.29) is 12.4 Å². The molecule has 1 rings (SSSR count). The maximum Gasteiger partial charge on any atom is 0.129 e. The number of anilines is 1. The van der Waals surface area contributed by atoms with E-state index in [1.807, 2.05) is 22.6 Å². The van der Waals surface area contributed by atoms with Crippen LogP contribution in [-0.2, 0) is 6.54 Å². The molecule has 0 fully saturated rings. The van der Waals surface area contributed by atoms with E-state index in [9.17, 15) is 4.39 Å². The highest BCUT2D eigenvalue weighted by Crippen LogP contribution is 2.19. The lowest BCUT2D eigenvalue weighted by atomic mass is 10.2. The third-order valence-electron chi connectivity index (χ3n) is 1.39. The highest BCUT2D eigenvalue weighted by Gasteiger charge is 2.03. The molecule has 0 aliphatic heterocycles. The molecule has 0 atom stereocenters. The maximum atomic E-state index is 12.9. The van der Waals surface area contributed by atoms with E-state index in [0.29, 0.717) is 11.3 Å². The minimum atomic E-state index is -0.328. The Bertz CT molecular complexity index is 275. The quantitative estimate of drug-likeness (QED) is 0.597. The highest BCUT2D eigenvalue weighted by atomic mass is 127. The highest BCUT2D eigenvalue weighted by molar-refractivity contribution is 14.1. The first kappa shape index (κ1) is 8.73. The Labute approximate surface area is 77.9 Å². The summed E-state index contributed by atoms with van der Waals surface area (Å²) in [6, 6.07) is 2.95. The summed E-state index contributed by atoms with van der Waals surface area (Å²) in [6.07, 6.45) is 0. The second-order valence-corrected chi connectivity index (χ2v) is 3.33. The molecule has 0 aromatic heterocycles. The third kappa shape index (κ3) is 1.81. The molecule has 0 bridgehead atoms. The van der Waals surface area contributed by atoms with Gasteiger partial charge in [0, 0.05) is 21.4 Å². The minimum Gasteiger partial charge on any atom is -0.398 e. The van der Waals surface area contributed by atoms with E-state index in [0.717, 1.165) is 3.57 Å². The van der Waals surface area contributed by atoms with E-state index in [2.05, 4.69) is 0 Å². The third-order valence-corrected chi connectivity index (χ3v) is 2.32. The van der Waals surface area contributed by atoms with Crippen molar-refractivity contribution in [2.24, 2.45) is 5.73 Å². The van der Waals surface area contributed by atoms with Gasteiger partial charge in [0.05, 0.1) is 0 Å². The fourth-order valence-electron chi connectivity index (χ4n) is 0.760. The van der Waals surface area contributed by atoms with Crippen LogP contribution in [0.5, 0.6) is 0 Å². The van der Waals surface area contributed by atoms with Crippen molar-refractivity contribution in [2.45, 2.75) is 6.54 Å². The lowest BCUT2D eigenvalue weighted by Crippen LogP contribution is -2.02. The second kappa shape index (κ2) is 3.36. The summed E-state index contributed by atoms with van der Waals surface area (Å²) < 4.78 is 13.7. The van der Waals surface area contributed by atoms with E-state index < -0.39 is 0 Å². The van der Waals surface area contributed by atoms with Crippen LogP contribution in [0.3, 0.4) is 0 Å². The van der Waals surface area contributed by atoms with E-state index in [1.54, 1.807) is 6.07 Å². The molecule has 2 nitrogen and oxygen atoms in total. The first-order valence-electron chi connectivity index (χ1n) is 3.08. The van der Waals surface area contributed by atoms with Gasteiger partial charge in [-0.25, -0.2) is 4.39 Å². The molecule has 0 saturated carbocycles. The molecule has 0 saturated heterocycles. The molecule has 1 aromatic rings. The average Bonchev–Trinajstić information content (AvgIpc) is 1.97. The van der Waals surface area contributed by atoms with E-state index in [4.69, 9.17) is 11.5 Å². The molecule has 60 valence electrons. The van der Waals surface area contributed by atoms with Gasteiger partial charge in [0.1, 0.15) is 5.82 Å². The molecule has 0 unspecified atom stereocenters. The average molecular weight is 266 g/mol. The number of hydrogen-bond acceptors (Lipinski definition) is 2. The molecule has 0 heterocycles. The number of benzene rings is 1. The predicted molar refractivity (Wildman–Crippen MR) is 51.4 cm³/mol. The van der Waals surface area contributed by atoms with Crippen LogP contribution >= 0.6 is 22.6 Å². The van der Waals surface area contributed by atoms with Crippen LogP contribution in [0.2, 0.25) is 0 Å². The van der Waals surface area contributed by atoms with Crippen LogP contribution < -0.4 is 11.5 Å². The standard InChI is InChI=1S/C7H8FIN2/c8-5-2-7(11)6(9)1-4(5)3-10/h1-2H,3,10-11H2. The molecule has 0 aliphatic rings. The van der Waals surface area contributed by atoms with Crippen molar-refractivity contribution < 1.29 is 4.39 Å². The smallest absolute Gasteiger partial charge is 0.129 e. The van der Waals surface area contributed by atoms with Gasteiger partial charge in [0.2, 0.25) is 0 Å². The van der Waals surface area contributed by atoms with Gasteiger partial charge in [-0.15, -0.1) is 0 Å². The predicted octanol–water partition coefficient (Wildman–Crippen LogP) is 1.47. The Balaban J connectivity index is 3.21. The van der Waals surface area contributed by atoms with E-state index in [1.165, 1.54) is 6.07 Å². The van der Waals surface area contributed by atoms with Crippen molar-refractivity contribution in [2.75, 3.05) is 5.73 Å². The van der Waals surface area contributed by atoms with Gasteiger partial charge in [-0.05, 0) is 34.7 Å². The Morgan fingerprint density at radius 1 is 1.45 bits per heavy atom. The van der Waals surface area contributed by atoms with Gasteiger partial charge in [-0.2, -0.15) is 0 Å². The molecule has 0 amide bonds. The van der Waals surface area contributed by atoms with Crippen molar-refractivity contribution >= 4 is 28.3 Å². The van der Waals surface area contributed by atoms with Crippen LogP contribution in [0, 0.1) is 9.39 Å². The van der Waals surface area contributed by atoms with Crippen LogP contribution in [0.4, 0.5) is 10.1 Å². The van der Waals surface area contributed by atoms with E-state index >= 15 is 0 Å². The Hall–Kier alpha value is -0.360. The summed E-state index contributed by atoms with van der Waals surface area (Å²) in [5, 5.41) is 0. The first-order valence-corrected chi connectivity index (χ1v) is 4.16. The Morgan fingerprint density at radius 3 is 2.64 bits per heavy atom. The number of rotatable bonds is 1. The summed E-state index contributed by atoms with van der Waals surface area (Å²) in [4.78, 5) is 0. The van der Waals surface area contributed by atoms with Crippen molar-refractivity contribution in [3.8, 4) is 0 Å². The monoisotopic (exact) mass is 266 g/mol. The van der Waals surface area contributed by atoms with Crippen LogP contribution in [-0.4, -0.2) is 0 Å². The van der Waals surface area contributed by atoms with Crippen molar-refractivity contribution in [3.05, 3.63) is 27.1 Å². The van der Waals surface area contributed by atoms with Gasteiger partial charge < -0.3 is 11.5 Å². The van der Waals surface area contributed by atoms with Gasteiger partial charge in [0.15, 0.2) is 0 Å². The summed E-state index contributed by atoms with van der Waals surface area (Å²) in [5.41, 5.74) is 11.7. The topological polar surface area (TPSA) is 52.0 Å². The molecule has 4 heteroatoms. The summed E-state index contributed by atoms with van der Waals surface area (Å²) >= 11 is 2.04. The fraction of sp³-hybridized carbons (Fsp3) is 0.143. The van der Waals surface area contributed by atoms with Crippen LogP contribution in [0.1, 0.15) is 5.56 Å². The Kier molecular flexibility index (Phi) is 2.67. The van der Waals surface area contributed by atoms with Gasteiger partial charge in [0.25, 0.3) is 0 Å². The number of nitrogen functional groups attached to an aromatic ring is 1. The fourth-order valence-corrected chi connectivity index (χ4v) is 1.29. The van der Waals surface area contributed by atoms with Gasteiger partial charge in [-0.3, -0.25) is 0 Å². The lowest BCUT2D eigenvalue weighted by Gasteiger charge is -2.02. The first-order chi connectivity index (χ1) is 5.15. The van der Waals surface area contributed by atoms with Gasteiger partial charge in [-0.1, -0.05) is 0 Å². The molecular weight excluding hydrogens is 258 g/mol. The Morgan fingerprint density at radius 2 is 2.09 bits per heavy atom. The second-order valence-electron chi connectivity index (χ2n) is 2.17. The number of halogens is 2. The lowest BCUT2D eigenvalue weighted by molar-refractivity contribution is 0.611. The summed E-state index contributed by atoms with van der Waals surface area (Å²) in [6.45, 7) is 0.210. The maximum absolute atomic E-state index is 12.9. The molecule has 0 aliphatic carbocycles.